The molecule has 25 heavy (non-hydrogen) atoms. The van der Waals surface area contributed by atoms with Crippen LogP contribution in [0.1, 0.15) is 17.5 Å². The molecule has 7 heteroatoms. The molecule has 1 atom stereocenters. The number of halogens is 2. The number of imidazole rings is 2. The fraction of sp³-hybridized carbons (Fsp3) is 0.111. The molecular formula is C18H18Cl2N4O. The number of fused-ring (bicyclic) bond motifs is 1. The van der Waals surface area contributed by atoms with Crippen LogP contribution in [0.2, 0.25) is 0 Å². The predicted octanol–water partition coefficient (Wildman–Crippen LogP) is 3.87. The summed E-state index contributed by atoms with van der Waals surface area (Å²) in [6.45, 7) is 0. The second-order valence-corrected chi connectivity index (χ2v) is 5.50. The van der Waals surface area contributed by atoms with Crippen LogP contribution >= 0.6 is 24.8 Å². The maximum Gasteiger partial charge on any atom is 0.136 e. The lowest BCUT2D eigenvalue weighted by atomic mass is 10.1. The summed E-state index contributed by atoms with van der Waals surface area (Å²) in [5, 5.41) is 10.4. The van der Waals surface area contributed by atoms with Crippen molar-refractivity contribution in [1.29, 1.82) is 0 Å². The third kappa shape index (κ3) is 4.02. The molecular weight excluding hydrogens is 359 g/mol. The lowest BCUT2D eigenvalue weighted by molar-refractivity contribution is 0.170. The Morgan fingerprint density at radius 1 is 1.08 bits per heavy atom. The number of aromatic nitrogens is 4. The summed E-state index contributed by atoms with van der Waals surface area (Å²) >= 11 is 0. The van der Waals surface area contributed by atoms with Gasteiger partial charge in [-0.25, -0.2) is 9.97 Å². The molecule has 0 unspecified atom stereocenters. The molecule has 0 spiro atoms. The van der Waals surface area contributed by atoms with Gasteiger partial charge in [-0.15, -0.1) is 24.8 Å². The number of nitrogens with one attached hydrogen (secondary N) is 1. The zero-order valence-corrected chi connectivity index (χ0v) is 14.9. The van der Waals surface area contributed by atoms with Crippen LogP contribution in [0.25, 0.3) is 16.7 Å². The molecule has 0 saturated carbocycles. The third-order valence-electron chi connectivity index (χ3n) is 3.88. The molecule has 0 saturated heterocycles. The minimum absolute atomic E-state index is 0. The molecule has 4 rings (SSSR count). The number of H-pyrrole nitrogens is 1. The fourth-order valence-corrected chi connectivity index (χ4v) is 2.68. The van der Waals surface area contributed by atoms with Gasteiger partial charge in [0.1, 0.15) is 11.9 Å². The maximum atomic E-state index is 10.4. The Morgan fingerprint density at radius 2 is 1.88 bits per heavy atom. The van der Waals surface area contributed by atoms with Gasteiger partial charge in [-0.1, -0.05) is 30.3 Å². The molecule has 2 N–H and O–H groups in total. The van der Waals surface area contributed by atoms with Crippen LogP contribution in [0.4, 0.5) is 0 Å². The SMILES string of the molecule is Cl.Cl.O[C@H](Cc1ccccc1)c1nc2cc(-n3ccnc3)ccc2[nH]1. The molecule has 4 aromatic rings. The first-order valence-electron chi connectivity index (χ1n) is 7.49. The van der Waals surface area contributed by atoms with Crippen molar-refractivity contribution in [1.82, 2.24) is 19.5 Å². The summed E-state index contributed by atoms with van der Waals surface area (Å²) in [4.78, 5) is 11.8. The van der Waals surface area contributed by atoms with Crippen molar-refractivity contribution in [3.8, 4) is 5.69 Å². The molecule has 0 aliphatic heterocycles. The van der Waals surface area contributed by atoms with E-state index in [9.17, 15) is 5.11 Å². The Bertz CT molecular complexity index is 923. The van der Waals surface area contributed by atoms with Crippen molar-refractivity contribution >= 4 is 35.8 Å². The topological polar surface area (TPSA) is 66.7 Å². The Labute approximate surface area is 157 Å². The lowest BCUT2D eigenvalue weighted by Crippen LogP contribution is -2.03. The monoisotopic (exact) mass is 376 g/mol. The minimum Gasteiger partial charge on any atom is -0.385 e. The largest absolute Gasteiger partial charge is 0.385 e. The quantitative estimate of drug-likeness (QED) is 0.568. The maximum absolute atomic E-state index is 10.4. The van der Waals surface area contributed by atoms with E-state index in [0.717, 1.165) is 22.3 Å². The van der Waals surface area contributed by atoms with Crippen LogP contribution in [0, 0.1) is 0 Å². The number of aromatic amines is 1. The second-order valence-electron chi connectivity index (χ2n) is 5.50. The smallest absolute Gasteiger partial charge is 0.136 e. The number of benzene rings is 2. The van der Waals surface area contributed by atoms with E-state index in [2.05, 4.69) is 15.0 Å². The Kier molecular flexibility index (Phi) is 6.20. The molecule has 5 nitrogen and oxygen atoms in total. The Hall–Kier alpha value is -2.34. The number of rotatable bonds is 4. The van der Waals surface area contributed by atoms with Gasteiger partial charge >= 0.3 is 0 Å². The molecule has 0 amide bonds. The lowest BCUT2D eigenvalue weighted by Gasteiger charge is -2.07. The van der Waals surface area contributed by atoms with Gasteiger partial charge in [0.2, 0.25) is 0 Å². The van der Waals surface area contributed by atoms with E-state index in [0.29, 0.717) is 12.2 Å². The first-order valence-corrected chi connectivity index (χ1v) is 7.49. The standard InChI is InChI=1S/C18H16N4O.2ClH/c23-17(10-13-4-2-1-3-5-13)18-20-15-7-6-14(11-16(15)21-18)22-9-8-19-12-22;;/h1-9,11-12,17,23H,10H2,(H,20,21);2*1H/t17-;;/m1../s1. The Balaban J connectivity index is 0.00000113. The van der Waals surface area contributed by atoms with Crippen LogP contribution in [0.3, 0.4) is 0 Å². The zero-order valence-electron chi connectivity index (χ0n) is 13.2. The molecule has 2 heterocycles. The van der Waals surface area contributed by atoms with Gasteiger partial charge in [0.15, 0.2) is 0 Å². The molecule has 2 aromatic carbocycles. The van der Waals surface area contributed by atoms with Gasteiger partial charge < -0.3 is 14.7 Å². The minimum atomic E-state index is -0.651. The highest BCUT2D eigenvalue weighted by Crippen LogP contribution is 2.21. The summed E-state index contributed by atoms with van der Waals surface area (Å²) in [5.41, 5.74) is 3.82. The van der Waals surface area contributed by atoms with Gasteiger partial charge in [-0.3, -0.25) is 0 Å². The number of aliphatic hydroxyl groups excluding tert-OH is 1. The highest BCUT2D eigenvalue weighted by atomic mass is 35.5. The number of hydrogen-bond acceptors (Lipinski definition) is 3. The first kappa shape index (κ1) is 19.0. The number of nitrogens with zero attached hydrogens (tertiary/aromatic N) is 3. The van der Waals surface area contributed by atoms with E-state index in [4.69, 9.17) is 0 Å². The highest BCUT2D eigenvalue weighted by Gasteiger charge is 2.13. The summed E-state index contributed by atoms with van der Waals surface area (Å²) in [6, 6.07) is 15.9. The summed E-state index contributed by atoms with van der Waals surface area (Å²) < 4.78 is 1.92. The molecule has 0 fully saturated rings. The van der Waals surface area contributed by atoms with Gasteiger partial charge in [0, 0.05) is 24.5 Å². The predicted molar refractivity (Wildman–Crippen MR) is 103 cm³/mol. The molecule has 0 aliphatic rings. The van der Waals surface area contributed by atoms with Crippen LogP contribution in [-0.4, -0.2) is 24.6 Å². The zero-order chi connectivity index (χ0) is 15.6. The van der Waals surface area contributed by atoms with Crippen molar-refractivity contribution in [3.05, 3.63) is 78.6 Å². The summed E-state index contributed by atoms with van der Waals surface area (Å²) in [5.74, 6) is 0.589. The van der Waals surface area contributed by atoms with Crippen molar-refractivity contribution in [2.24, 2.45) is 0 Å². The summed E-state index contributed by atoms with van der Waals surface area (Å²) in [6.07, 6.45) is 5.26. The van der Waals surface area contributed by atoms with Gasteiger partial charge in [0.05, 0.1) is 17.4 Å². The molecule has 0 aliphatic carbocycles. The van der Waals surface area contributed by atoms with Crippen LogP contribution < -0.4 is 0 Å². The molecule has 0 bridgehead atoms. The number of hydrogen-bond donors (Lipinski definition) is 2. The normalized spacial score (nSPS) is 11.6. The van der Waals surface area contributed by atoms with Crippen LogP contribution in [-0.2, 0) is 6.42 Å². The van der Waals surface area contributed by atoms with Crippen LogP contribution in [0.15, 0.2) is 67.3 Å². The highest BCUT2D eigenvalue weighted by molar-refractivity contribution is 5.85. The van der Waals surface area contributed by atoms with E-state index < -0.39 is 6.10 Å². The Morgan fingerprint density at radius 3 is 2.60 bits per heavy atom. The van der Waals surface area contributed by atoms with Crippen molar-refractivity contribution in [3.63, 3.8) is 0 Å². The molecule has 130 valence electrons. The van der Waals surface area contributed by atoms with E-state index in [1.165, 1.54) is 0 Å². The van der Waals surface area contributed by atoms with E-state index in [-0.39, 0.29) is 24.8 Å². The van der Waals surface area contributed by atoms with Crippen molar-refractivity contribution < 1.29 is 5.11 Å². The van der Waals surface area contributed by atoms with Crippen molar-refractivity contribution in [2.75, 3.05) is 0 Å². The molecule has 2 aromatic heterocycles. The number of aliphatic hydroxyl groups is 1. The first-order chi connectivity index (χ1) is 11.3. The summed E-state index contributed by atoms with van der Waals surface area (Å²) in [7, 11) is 0. The van der Waals surface area contributed by atoms with E-state index in [1.807, 2.05) is 59.3 Å². The van der Waals surface area contributed by atoms with Crippen LogP contribution in [0.5, 0.6) is 0 Å². The molecule has 0 radical (unpaired) electrons. The fourth-order valence-electron chi connectivity index (χ4n) is 2.68. The van der Waals surface area contributed by atoms with Gasteiger partial charge in [0.25, 0.3) is 0 Å². The average Bonchev–Trinajstić information content (AvgIpc) is 3.24. The van der Waals surface area contributed by atoms with E-state index >= 15 is 0 Å². The second kappa shape index (κ2) is 8.16. The van der Waals surface area contributed by atoms with Crippen molar-refractivity contribution in [2.45, 2.75) is 12.5 Å². The van der Waals surface area contributed by atoms with Gasteiger partial charge in [-0.05, 0) is 23.8 Å². The van der Waals surface area contributed by atoms with Gasteiger partial charge in [-0.2, -0.15) is 0 Å². The van der Waals surface area contributed by atoms with E-state index in [1.54, 1.807) is 12.5 Å². The average molecular weight is 377 g/mol. The third-order valence-corrected chi connectivity index (χ3v) is 3.88.